The third-order valence-electron chi connectivity index (χ3n) is 3.58. The Morgan fingerprint density at radius 2 is 2.15 bits per heavy atom. The first-order chi connectivity index (χ1) is 9.46. The van der Waals surface area contributed by atoms with Crippen molar-refractivity contribution in [3.05, 3.63) is 35.9 Å². The van der Waals surface area contributed by atoms with Crippen molar-refractivity contribution in [1.82, 2.24) is 0 Å². The van der Waals surface area contributed by atoms with Gasteiger partial charge in [0.2, 0.25) is 0 Å². The number of aliphatic carboxylic acids is 1. The maximum Gasteiger partial charge on any atom is 0.316 e. The molecule has 0 radical (unpaired) electrons. The van der Waals surface area contributed by atoms with Crippen LogP contribution in [0.5, 0.6) is 0 Å². The average molecular weight is 294 g/mol. The molecule has 0 saturated carbocycles. The zero-order valence-electron chi connectivity index (χ0n) is 12.0. The summed E-state index contributed by atoms with van der Waals surface area (Å²) in [6.45, 7) is 4.19. The second-order valence-corrected chi connectivity index (χ2v) is 7.12. The van der Waals surface area contributed by atoms with E-state index in [4.69, 9.17) is 4.74 Å². The molecule has 0 aromatic heterocycles. The van der Waals surface area contributed by atoms with E-state index in [1.807, 2.05) is 30.3 Å². The van der Waals surface area contributed by atoms with Gasteiger partial charge in [-0.25, -0.2) is 0 Å². The third-order valence-corrected chi connectivity index (χ3v) is 4.91. The Morgan fingerprint density at radius 3 is 2.70 bits per heavy atom. The summed E-state index contributed by atoms with van der Waals surface area (Å²) >= 11 is 1.50. The fourth-order valence-corrected chi connectivity index (χ4v) is 3.60. The normalized spacial score (nSPS) is 22.6. The molecular weight excluding hydrogens is 272 g/mol. The van der Waals surface area contributed by atoms with E-state index in [-0.39, 0.29) is 11.7 Å². The van der Waals surface area contributed by atoms with Gasteiger partial charge in [0, 0.05) is 5.75 Å². The molecule has 1 aromatic carbocycles. The molecule has 1 saturated heterocycles. The molecule has 1 fully saturated rings. The first-order valence-electron chi connectivity index (χ1n) is 7.02. The van der Waals surface area contributed by atoms with Crippen molar-refractivity contribution in [3.8, 4) is 0 Å². The zero-order chi connectivity index (χ0) is 14.6. The van der Waals surface area contributed by atoms with Crippen molar-refractivity contribution < 1.29 is 14.6 Å². The van der Waals surface area contributed by atoms with Crippen LogP contribution in [0.25, 0.3) is 0 Å². The van der Waals surface area contributed by atoms with Crippen LogP contribution in [0.1, 0.15) is 32.3 Å². The Morgan fingerprint density at radius 1 is 1.45 bits per heavy atom. The lowest BCUT2D eigenvalue weighted by Gasteiger charge is -2.20. The van der Waals surface area contributed by atoms with E-state index in [1.165, 1.54) is 11.8 Å². The van der Waals surface area contributed by atoms with Crippen LogP contribution in [0.4, 0.5) is 0 Å². The van der Waals surface area contributed by atoms with Crippen molar-refractivity contribution in [2.75, 3.05) is 5.75 Å². The van der Waals surface area contributed by atoms with Gasteiger partial charge >= 0.3 is 5.97 Å². The molecule has 20 heavy (non-hydrogen) atoms. The molecule has 110 valence electrons. The van der Waals surface area contributed by atoms with Crippen molar-refractivity contribution in [3.63, 3.8) is 0 Å². The minimum atomic E-state index is -0.740. The minimum Gasteiger partial charge on any atom is -0.480 e. The third kappa shape index (κ3) is 4.53. The lowest BCUT2D eigenvalue weighted by atomic mass is 10.1. The Hall–Kier alpha value is -1.00. The number of benzene rings is 1. The summed E-state index contributed by atoms with van der Waals surface area (Å²) in [5.41, 5.74) is 1.02. The van der Waals surface area contributed by atoms with Crippen molar-refractivity contribution in [2.45, 2.75) is 50.1 Å². The van der Waals surface area contributed by atoms with Crippen LogP contribution in [0.3, 0.4) is 0 Å². The topological polar surface area (TPSA) is 46.5 Å². The average Bonchev–Trinajstić information content (AvgIpc) is 2.75. The van der Waals surface area contributed by atoms with E-state index in [9.17, 15) is 9.90 Å². The van der Waals surface area contributed by atoms with Gasteiger partial charge in [-0.15, -0.1) is 11.8 Å². The quantitative estimate of drug-likeness (QED) is 0.874. The summed E-state index contributed by atoms with van der Waals surface area (Å²) in [5, 5.41) is 8.95. The molecule has 1 aromatic rings. The highest BCUT2D eigenvalue weighted by Crippen LogP contribution is 2.32. The van der Waals surface area contributed by atoms with Crippen LogP contribution in [0, 0.1) is 0 Å². The van der Waals surface area contributed by atoms with E-state index in [0.29, 0.717) is 6.42 Å². The molecule has 3 nitrogen and oxygen atoms in total. The molecule has 0 spiro atoms. The zero-order valence-corrected chi connectivity index (χ0v) is 12.9. The Labute approximate surface area is 124 Å². The lowest BCUT2D eigenvalue weighted by Crippen LogP contribution is -2.24. The van der Waals surface area contributed by atoms with Crippen LogP contribution in [0.15, 0.2) is 30.3 Å². The van der Waals surface area contributed by atoms with Crippen LogP contribution in [0.2, 0.25) is 0 Å². The number of rotatable bonds is 6. The number of ether oxygens (including phenoxy) is 1. The standard InChI is InChI=1S/C16H22O3S/c1-16(2)9-8-13(19-16)11-20-14(15(17)18)10-12-6-4-3-5-7-12/h3-7,13-14H,8-11H2,1-2H3,(H,17,18). The van der Waals surface area contributed by atoms with E-state index in [2.05, 4.69) is 13.8 Å². The molecule has 1 aliphatic rings. The highest BCUT2D eigenvalue weighted by Gasteiger charge is 2.32. The number of thioether (sulfide) groups is 1. The van der Waals surface area contributed by atoms with Gasteiger partial charge in [-0.05, 0) is 38.7 Å². The highest BCUT2D eigenvalue weighted by atomic mass is 32.2. The molecule has 0 aliphatic carbocycles. The Balaban J connectivity index is 1.86. The molecule has 1 N–H and O–H groups in total. The van der Waals surface area contributed by atoms with Crippen molar-refractivity contribution in [1.29, 1.82) is 0 Å². The number of carboxylic acids is 1. The molecule has 2 rings (SSSR count). The second kappa shape index (κ2) is 6.64. The van der Waals surface area contributed by atoms with E-state index in [1.54, 1.807) is 0 Å². The smallest absolute Gasteiger partial charge is 0.316 e. The fourth-order valence-electron chi connectivity index (χ4n) is 2.46. The van der Waals surface area contributed by atoms with Gasteiger partial charge in [0.15, 0.2) is 0 Å². The first kappa shape index (κ1) is 15.4. The van der Waals surface area contributed by atoms with Gasteiger partial charge in [0.05, 0.1) is 11.7 Å². The SMILES string of the molecule is CC1(C)CCC(CSC(Cc2ccccc2)C(=O)O)O1. The Bertz CT molecular complexity index is 444. The summed E-state index contributed by atoms with van der Waals surface area (Å²) in [6.07, 6.45) is 2.83. The van der Waals surface area contributed by atoms with Gasteiger partial charge < -0.3 is 9.84 Å². The maximum absolute atomic E-state index is 11.4. The van der Waals surface area contributed by atoms with Gasteiger partial charge in [-0.1, -0.05) is 30.3 Å². The summed E-state index contributed by atoms with van der Waals surface area (Å²) in [5.74, 6) is 0.0175. The van der Waals surface area contributed by atoms with Gasteiger partial charge in [-0.2, -0.15) is 0 Å². The summed E-state index contributed by atoms with van der Waals surface area (Å²) in [6, 6.07) is 9.79. The van der Waals surface area contributed by atoms with E-state index < -0.39 is 11.2 Å². The van der Waals surface area contributed by atoms with Crippen LogP contribution in [-0.4, -0.2) is 33.8 Å². The van der Waals surface area contributed by atoms with Gasteiger partial charge in [-0.3, -0.25) is 4.79 Å². The minimum absolute atomic E-state index is 0.0522. The van der Waals surface area contributed by atoms with Crippen molar-refractivity contribution in [2.24, 2.45) is 0 Å². The van der Waals surface area contributed by atoms with E-state index in [0.717, 1.165) is 24.2 Å². The van der Waals surface area contributed by atoms with E-state index >= 15 is 0 Å². The highest BCUT2D eigenvalue weighted by molar-refractivity contribution is 8.00. The predicted molar refractivity (Wildman–Crippen MR) is 82.2 cm³/mol. The number of carbonyl (C=O) groups is 1. The lowest BCUT2D eigenvalue weighted by molar-refractivity contribution is -0.136. The summed E-state index contributed by atoms with van der Waals surface area (Å²) < 4.78 is 5.92. The Kier molecular flexibility index (Phi) is 5.11. The number of hydrogen-bond donors (Lipinski definition) is 1. The predicted octanol–water partition coefficient (Wildman–Crippen LogP) is 3.37. The molecule has 2 atom stereocenters. The van der Waals surface area contributed by atoms with Gasteiger partial charge in [0.1, 0.15) is 5.25 Å². The molecule has 2 unspecified atom stereocenters. The number of hydrogen-bond acceptors (Lipinski definition) is 3. The van der Waals surface area contributed by atoms with Gasteiger partial charge in [0.25, 0.3) is 0 Å². The molecule has 0 bridgehead atoms. The molecule has 0 amide bonds. The number of carboxylic acid groups (broad SMARTS) is 1. The van der Waals surface area contributed by atoms with Crippen molar-refractivity contribution >= 4 is 17.7 Å². The first-order valence-corrected chi connectivity index (χ1v) is 8.07. The summed E-state index contributed by atoms with van der Waals surface area (Å²) in [4.78, 5) is 11.4. The summed E-state index contributed by atoms with van der Waals surface area (Å²) in [7, 11) is 0. The van der Waals surface area contributed by atoms with Crippen LogP contribution in [-0.2, 0) is 16.0 Å². The molecule has 1 heterocycles. The largest absolute Gasteiger partial charge is 0.480 e. The molecule has 4 heteroatoms. The van der Waals surface area contributed by atoms with Crippen LogP contribution >= 0.6 is 11.8 Å². The fraction of sp³-hybridized carbons (Fsp3) is 0.562. The molecular formula is C16H22O3S. The van der Waals surface area contributed by atoms with Crippen LogP contribution < -0.4 is 0 Å². The second-order valence-electron chi connectivity index (χ2n) is 5.89. The monoisotopic (exact) mass is 294 g/mol. The maximum atomic E-state index is 11.4. The molecule has 1 aliphatic heterocycles.